The van der Waals surface area contributed by atoms with E-state index in [4.69, 9.17) is 16.3 Å². The van der Waals surface area contributed by atoms with Crippen molar-refractivity contribution in [2.45, 2.75) is 6.92 Å². The molecule has 0 radical (unpaired) electrons. The molecule has 21 heavy (non-hydrogen) atoms. The number of nitrogens with one attached hydrogen (secondary N) is 1. The number of benzene rings is 2. The fraction of sp³-hybridized carbons (Fsp3) is 0.188. The van der Waals surface area contributed by atoms with Crippen molar-refractivity contribution in [3.05, 3.63) is 58.6 Å². The molecule has 0 aliphatic carbocycles. The fourth-order valence-electron chi connectivity index (χ4n) is 1.82. The van der Waals surface area contributed by atoms with Gasteiger partial charge in [0.15, 0.2) is 0 Å². The summed E-state index contributed by atoms with van der Waals surface area (Å²) in [6, 6.07) is 11.9. The van der Waals surface area contributed by atoms with E-state index in [-0.39, 0.29) is 17.2 Å². The molecule has 2 aromatic rings. The Labute approximate surface area is 128 Å². The molecule has 0 atom stereocenters. The quantitative estimate of drug-likeness (QED) is 0.834. The number of aromatic hydroxyl groups is 1. The molecule has 4 nitrogen and oxygen atoms in total. The lowest BCUT2D eigenvalue weighted by atomic mass is 10.2. The van der Waals surface area contributed by atoms with Gasteiger partial charge in [0, 0.05) is 0 Å². The van der Waals surface area contributed by atoms with Gasteiger partial charge in [-0.1, -0.05) is 23.7 Å². The van der Waals surface area contributed by atoms with Crippen LogP contribution in [-0.4, -0.2) is 24.2 Å². The molecule has 0 unspecified atom stereocenters. The van der Waals surface area contributed by atoms with Crippen molar-refractivity contribution in [3.63, 3.8) is 0 Å². The number of amides is 1. The van der Waals surface area contributed by atoms with Gasteiger partial charge in [0.1, 0.15) is 18.1 Å². The van der Waals surface area contributed by atoms with Crippen molar-refractivity contribution in [3.8, 4) is 11.5 Å². The molecule has 2 aromatic carbocycles. The third-order valence-electron chi connectivity index (χ3n) is 2.84. The second kappa shape index (κ2) is 6.99. The van der Waals surface area contributed by atoms with Gasteiger partial charge in [0.05, 0.1) is 17.1 Å². The highest BCUT2D eigenvalue weighted by atomic mass is 35.5. The molecule has 0 heterocycles. The first kappa shape index (κ1) is 15.2. The van der Waals surface area contributed by atoms with Gasteiger partial charge in [-0.3, -0.25) is 4.79 Å². The number of carbonyl (C=O) groups excluding carboxylic acids is 1. The Morgan fingerprint density at radius 3 is 2.86 bits per heavy atom. The lowest BCUT2D eigenvalue weighted by Crippen LogP contribution is -2.28. The van der Waals surface area contributed by atoms with E-state index in [2.05, 4.69) is 5.32 Å². The first-order chi connectivity index (χ1) is 10.1. The second-order valence-corrected chi connectivity index (χ2v) is 4.99. The number of hydrogen-bond acceptors (Lipinski definition) is 3. The molecular weight excluding hydrogens is 290 g/mol. The van der Waals surface area contributed by atoms with Gasteiger partial charge in [-0.25, -0.2) is 0 Å². The summed E-state index contributed by atoms with van der Waals surface area (Å²) in [6.45, 7) is 2.68. The monoisotopic (exact) mass is 305 g/mol. The lowest BCUT2D eigenvalue weighted by molar-refractivity contribution is 0.0946. The SMILES string of the molecule is Cc1cccc(OCCNC(=O)c2cc(O)ccc2Cl)c1. The number of ether oxygens (including phenoxy) is 1. The third kappa shape index (κ3) is 4.39. The first-order valence-corrected chi connectivity index (χ1v) is 6.90. The molecule has 2 N–H and O–H groups in total. The molecule has 0 aliphatic heterocycles. The third-order valence-corrected chi connectivity index (χ3v) is 3.17. The number of hydrogen-bond donors (Lipinski definition) is 2. The summed E-state index contributed by atoms with van der Waals surface area (Å²) in [6.07, 6.45) is 0. The van der Waals surface area contributed by atoms with Crippen molar-refractivity contribution < 1.29 is 14.6 Å². The van der Waals surface area contributed by atoms with E-state index in [9.17, 15) is 9.90 Å². The minimum Gasteiger partial charge on any atom is -0.508 e. The summed E-state index contributed by atoms with van der Waals surface area (Å²) in [4.78, 5) is 11.9. The average Bonchev–Trinajstić information content (AvgIpc) is 2.46. The average molecular weight is 306 g/mol. The Hall–Kier alpha value is -2.20. The maximum Gasteiger partial charge on any atom is 0.253 e. The molecular formula is C16H16ClNO3. The Balaban J connectivity index is 1.83. The summed E-state index contributed by atoms with van der Waals surface area (Å²) in [5, 5.41) is 12.4. The van der Waals surface area contributed by atoms with Crippen LogP contribution in [0.2, 0.25) is 5.02 Å². The van der Waals surface area contributed by atoms with Crippen LogP contribution >= 0.6 is 11.6 Å². The smallest absolute Gasteiger partial charge is 0.253 e. The van der Waals surface area contributed by atoms with Gasteiger partial charge in [0.25, 0.3) is 5.91 Å². The zero-order valence-electron chi connectivity index (χ0n) is 11.6. The number of aryl methyl sites for hydroxylation is 1. The summed E-state index contributed by atoms with van der Waals surface area (Å²) in [7, 11) is 0. The molecule has 1 amide bonds. The molecule has 2 rings (SSSR count). The predicted molar refractivity (Wildman–Crippen MR) is 82.1 cm³/mol. The molecule has 0 aromatic heterocycles. The largest absolute Gasteiger partial charge is 0.508 e. The molecule has 5 heteroatoms. The second-order valence-electron chi connectivity index (χ2n) is 4.59. The molecule has 0 spiro atoms. The number of phenols is 1. The molecule has 0 saturated heterocycles. The van der Waals surface area contributed by atoms with Gasteiger partial charge >= 0.3 is 0 Å². The topological polar surface area (TPSA) is 58.6 Å². The van der Waals surface area contributed by atoms with Crippen molar-refractivity contribution in [1.82, 2.24) is 5.32 Å². The Kier molecular flexibility index (Phi) is 5.06. The van der Waals surface area contributed by atoms with Crippen LogP contribution in [0.3, 0.4) is 0 Å². The predicted octanol–water partition coefficient (Wildman–Crippen LogP) is 3.16. The van der Waals surface area contributed by atoms with Crippen LogP contribution in [0, 0.1) is 6.92 Å². The molecule has 0 bridgehead atoms. The van der Waals surface area contributed by atoms with Crippen LogP contribution in [0.1, 0.15) is 15.9 Å². The zero-order valence-corrected chi connectivity index (χ0v) is 12.4. The van der Waals surface area contributed by atoms with Crippen molar-refractivity contribution in [1.29, 1.82) is 0 Å². The number of rotatable bonds is 5. The van der Waals surface area contributed by atoms with Crippen molar-refractivity contribution in [2.24, 2.45) is 0 Å². The van der Waals surface area contributed by atoms with Crippen LogP contribution in [-0.2, 0) is 0 Å². The van der Waals surface area contributed by atoms with Crippen molar-refractivity contribution in [2.75, 3.05) is 13.2 Å². The van der Waals surface area contributed by atoms with Gasteiger partial charge < -0.3 is 15.2 Å². The fourth-order valence-corrected chi connectivity index (χ4v) is 2.02. The maximum atomic E-state index is 11.9. The summed E-state index contributed by atoms with van der Waals surface area (Å²) < 4.78 is 5.53. The zero-order chi connectivity index (χ0) is 15.2. The summed E-state index contributed by atoms with van der Waals surface area (Å²) in [5.74, 6) is 0.420. The highest BCUT2D eigenvalue weighted by Crippen LogP contribution is 2.20. The van der Waals surface area contributed by atoms with Crippen LogP contribution in [0.4, 0.5) is 0 Å². The van der Waals surface area contributed by atoms with E-state index in [1.165, 1.54) is 18.2 Å². The molecule has 110 valence electrons. The van der Waals surface area contributed by atoms with Crippen LogP contribution in [0.25, 0.3) is 0 Å². The van der Waals surface area contributed by atoms with Crippen LogP contribution in [0.5, 0.6) is 11.5 Å². The van der Waals surface area contributed by atoms with Crippen LogP contribution < -0.4 is 10.1 Å². The van der Waals surface area contributed by atoms with Crippen molar-refractivity contribution >= 4 is 17.5 Å². The Morgan fingerprint density at radius 1 is 1.29 bits per heavy atom. The van der Waals surface area contributed by atoms with E-state index in [1.807, 2.05) is 31.2 Å². The minimum atomic E-state index is -0.344. The van der Waals surface area contributed by atoms with E-state index in [0.29, 0.717) is 18.2 Å². The minimum absolute atomic E-state index is 0.000519. The number of phenolic OH excluding ortho intramolecular Hbond substituents is 1. The van der Waals surface area contributed by atoms with Crippen LogP contribution in [0.15, 0.2) is 42.5 Å². The lowest BCUT2D eigenvalue weighted by Gasteiger charge is -2.09. The summed E-state index contributed by atoms with van der Waals surface area (Å²) in [5.41, 5.74) is 1.36. The molecule has 0 aliphatic rings. The van der Waals surface area contributed by atoms with Gasteiger partial charge in [-0.15, -0.1) is 0 Å². The highest BCUT2D eigenvalue weighted by Gasteiger charge is 2.10. The first-order valence-electron chi connectivity index (χ1n) is 6.52. The number of carbonyl (C=O) groups is 1. The Bertz CT molecular complexity index is 643. The van der Waals surface area contributed by atoms with E-state index < -0.39 is 0 Å². The normalized spacial score (nSPS) is 10.2. The molecule has 0 fully saturated rings. The van der Waals surface area contributed by atoms with Gasteiger partial charge in [-0.05, 0) is 42.8 Å². The standard InChI is InChI=1S/C16H16ClNO3/c1-11-3-2-4-13(9-11)21-8-7-18-16(20)14-10-12(19)5-6-15(14)17/h2-6,9-10,19H,7-8H2,1H3,(H,18,20). The van der Waals surface area contributed by atoms with Gasteiger partial charge in [-0.2, -0.15) is 0 Å². The Morgan fingerprint density at radius 2 is 2.10 bits per heavy atom. The summed E-state index contributed by atoms with van der Waals surface area (Å²) >= 11 is 5.91. The van der Waals surface area contributed by atoms with Gasteiger partial charge in [0.2, 0.25) is 0 Å². The van der Waals surface area contributed by atoms with E-state index >= 15 is 0 Å². The van der Waals surface area contributed by atoms with E-state index in [1.54, 1.807) is 0 Å². The maximum absolute atomic E-state index is 11.9. The number of halogens is 1. The molecule has 0 saturated carbocycles. The van der Waals surface area contributed by atoms with E-state index in [0.717, 1.165) is 11.3 Å². The highest BCUT2D eigenvalue weighted by molar-refractivity contribution is 6.33.